The number of fused-ring (bicyclic) bond motifs is 2. The second kappa shape index (κ2) is 5.51. The number of nitrogens with zero attached hydrogens (tertiary/aromatic N) is 2. The molecule has 8 nitrogen and oxygen atoms in total. The number of ether oxygens (including phenoxy) is 2. The molecule has 0 fully saturated rings. The number of rotatable bonds is 1. The summed E-state index contributed by atoms with van der Waals surface area (Å²) >= 11 is 0. The molecule has 2 aliphatic heterocycles. The van der Waals surface area contributed by atoms with Crippen LogP contribution in [0.1, 0.15) is 30.9 Å². The van der Waals surface area contributed by atoms with Crippen LogP contribution in [0.2, 0.25) is 0 Å². The smallest absolute Gasteiger partial charge is 0.219 e. The zero-order valence-corrected chi connectivity index (χ0v) is 13.4. The van der Waals surface area contributed by atoms with Gasteiger partial charge in [-0.25, -0.2) is 4.63 Å². The Hall–Kier alpha value is -3.03. The largest absolute Gasteiger partial charge is 0.486 e. The molecule has 8 heteroatoms. The predicted octanol–water partition coefficient (Wildman–Crippen LogP) is 2.43. The van der Waals surface area contributed by atoms with Crippen LogP contribution in [0.4, 0.5) is 11.6 Å². The number of allylic oxidation sites excluding steroid dienone is 1. The highest BCUT2D eigenvalue weighted by Gasteiger charge is 2.34. The summed E-state index contributed by atoms with van der Waals surface area (Å²) in [5.74, 6) is 2.52. The molecule has 0 bridgehead atoms. The molecule has 1 aromatic heterocycles. The second-order valence-electron chi connectivity index (χ2n) is 6.24. The van der Waals surface area contributed by atoms with E-state index in [1.807, 2.05) is 18.2 Å². The van der Waals surface area contributed by atoms with E-state index < -0.39 is 0 Å². The summed E-state index contributed by atoms with van der Waals surface area (Å²) in [5, 5.41) is 14.3. The van der Waals surface area contributed by atoms with Crippen LogP contribution in [0.3, 0.4) is 0 Å². The van der Waals surface area contributed by atoms with Gasteiger partial charge in [-0.05, 0) is 40.9 Å². The molecular formula is C17H16N4O4. The first-order valence-corrected chi connectivity index (χ1v) is 8.31. The first kappa shape index (κ1) is 14.3. The van der Waals surface area contributed by atoms with Crippen molar-refractivity contribution in [3.63, 3.8) is 0 Å². The van der Waals surface area contributed by atoms with Crippen LogP contribution in [0.15, 0.2) is 34.1 Å². The normalized spacial score (nSPS) is 21.6. The Balaban J connectivity index is 1.63. The fourth-order valence-electron chi connectivity index (χ4n) is 3.53. The van der Waals surface area contributed by atoms with Gasteiger partial charge in [0.1, 0.15) is 13.2 Å². The predicted molar refractivity (Wildman–Crippen MR) is 87.6 cm³/mol. The van der Waals surface area contributed by atoms with E-state index >= 15 is 0 Å². The van der Waals surface area contributed by atoms with Crippen LogP contribution in [0, 0.1) is 0 Å². The molecule has 1 aromatic carbocycles. The van der Waals surface area contributed by atoms with E-state index in [4.69, 9.17) is 14.1 Å². The Bertz CT molecular complexity index is 889. The molecule has 3 aliphatic rings. The van der Waals surface area contributed by atoms with Crippen molar-refractivity contribution in [3.05, 3.63) is 35.0 Å². The van der Waals surface area contributed by atoms with Gasteiger partial charge in [0.05, 0.1) is 6.04 Å². The third-order valence-electron chi connectivity index (χ3n) is 4.68. The fourth-order valence-corrected chi connectivity index (χ4v) is 3.53. The van der Waals surface area contributed by atoms with E-state index in [0.717, 1.165) is 35.4 Å². The van der Waals surface area contributed by atoms with E-state index in [2.05, 4.69) is 20.9 Å². The summed E-state index contributed by atoms with van der Waals surface area (Å²) < 4.78 is 16.1. The van der Waals surface area contributed by atoms with Crippen LogP contribution in [-0.4, -0.2) is 29.3 Å². The van der Waals surface area contributed by atoms with Crippen molar-refractivity contribution in [2.75, 3.05) is 23.8 Å². The van der Waals surface area contributed by atoms with E-state index in [9.17, 15) is 4.79 Å². The van der Waals surface area contributed by atoms with Crippen molar-refractivity contribution in [2.45, 2.75) is 25.3 Å². The Morgan fingerprint density at radius 1 is 1.04 bits per heavy atom. The molecule has 1 aliphatic carbocycles. The minimum Gasteiger partial charge on any atom is -0.486 e. The van der Waals surface area contributed by atoms with Crippen molar-refractivity contribution < 1.29 is 18.9 Å². The van der Waals surface area contributed by atoms with Gasteiger partial charge in [-0.1, -0.05) is 6.07 Å². The monoisotopic (exact) mass is 340 g/mol. The lowest BCUT2D eigenvalue weighted by atomic mass is 9.86. The maximum atomic E-state index is 12.7. The number of nitrogens with one attached hydrogen (secondary N) is 2. The second-order valence-corrected chi connectivity index (χ2v) is 6.24. The van der Waals surface area contributed by atoms with Crippen molar-refractivity contribution in [3.8, 4) is 11.5 Å². The lowest BCUT2D eigenvalue weighted by molar-refractivity contribution is -0.116. The van der Waals surface area contributed by atoms with Crippen molar-refractivity contribution >= 4 is 17.4 Å². The highest BCUT2D eigenvalue weighted by Crippen LogP contribution is 2.41. The van der Waals surface area contributed by atoms with Crippen molar-refractivity contribution in [1.82, 2.24) is 10.3 Å². The lowest BCUT2D eigenvalue weighted by Crippen LogP contribution is -2.24. The van der Waals surface area contributed by atoms with Crippen molar-refractivity contribution in [1.29, 1.82) is 0 Å². The molecule has 0 amide bonds. The molecule has 2 N–H and O–H groups in total. The molecule has 25 heavy (non-hydrogen) atoms. The summed E-state index contributed by atoms with van der Waals surface area (Å²) in [7, 11) is 0. The minimum absolute atomic E-state index is 0.128. The van der Waals surface area contributed by atoms with E-state index in [-0.39, 0.29) is 11.8 Å². The van der Waals surface area contributed by atoms with Gasteiger partial charge in [-0.3, -0.25) is 4.79 Å². The van der Waals surface area contributed by atoms with Gasteiger partial charge < -0.3 is 20.1 Å². The Kier molecular flexibility index (Phi) is 3.16. The van der Waals surface area contributed by atoms with Gasteiger partial charge in [0, 0.05) is 17.7 Å². The number of hydrogen-bond donors (Lipinski definition) is 2. The van der Waals surface area contributed by atoms with Crippen LogP contribution in [0.5, 0.6) is 11.5 Å². The lowest BCUT2D eigenvalue weighted by Gasteiger charge is -2.26. The molecule has 0 radical (unpaired) electrons. The summed E-state index contributed by atoms with van der Waals surface area (Å²) in [4.78, 5) is 12.7. The molecular weight excluding hydrogens is 324 g/mol. The molecule has 0 saturated heterocycles. The van der Waals surface area contributed by atoms with Crippen LogP contribution >= 0.6 is 0 Å². The van der Waals surface area contributed by atoms with E-state index in [0.29, 0.717) is 37.0 Å². The van der Waals surface area contributed by atoms with Gasteiger partial charge in [-0.2, -0.15) is 0 Å². The van der Waals surface area contributed by atoms with Gasteiger partial charge >= 0.3 is 0 Å². The average Bonchev–Trinajstić information content (AvgIpc) is 3.00. The van der Waals surface area contributed by atoms with E-state index in [1.54, 1.807) is 0 Å². The molecule has 1 atom stereocenters. The van der Waals surface area contributed by atoms with Gasteiger partial charge in [0.25, 0.3) is 0 Å². The summed E-state index contributed by atoms with van der Waals surface area (Å²) in [6.45, 7) is 1.06. The molecule has 0 spiro atoms. The number of carbonyl (C=O) groups excluding carboxylic acids is 1. The highest BCUT2D eigenvalue weighted by molar-refractivity contribution is 6.00. The average molecular weight is 340 g/mol. The fraction of sp³-hybridized carbons (Fsp3) is 0.353. The summed E-state index contributed by atoms with van der Waals surface area (Å²) in [5.41, 5.74) is 2.51. The SMILES string of the molecule is O=C1CCCC2=C1[C@H](c1ccc3c(c1)OCCO3)Nc1nonc1N2. The standard InChI is InChI=1S/C17H16N4O4/c22-11-3-1-2-10-14(11)15(19-17-16(18-10)20-25-21-17)9-4-5-12-13(8-9)24-7-6-23-12/h4-5,8,15H,1-3,6-7H2,(H,18,20)(H,19,21)/t15-/m0/s1. The van der Waals surface area contributed by atoms with E-state index in [1.165, 1.54) is 0 Å². The van der Waals surface area contributed by atoms with Crippen LogP contribution < -0.4 is 20.1 Å². The minimum atomic E-state index is -0.348. The maximum absolute atomic E-state index is 12.7. The van der Waals surface area contributed by atoms with Gasteiger partial charge in [0.15, 0.2) is 17.3 Å². The molecule has 128 valence electrons. The quantitative estimate of drug-likeness (QED) is 0.817. The third-order valence-corrected chi connectivity index (χ3v) is 4.68. The van der Waals surface area contributed by atoms with Gasteiger partial charge in [0.2, 0.25) is 11.6 Å². The topological polar surface area (TPSA) is 98.5 Å². The van der Waals surface area contributed by atoms with Crippen molar-refractivity contribution in [2.24, 2.45) is 0 Å². The Morgan fingerprint density at radius 3 is 2.80 bits per heavy atom. The summed E-state index contributed by atoms with van der Waals surface area (Å²) in [6, 6.07) is 5.38. The number of anilines is 2. The zero-order chi connectivity index (χ0) is 16.8. The Morgan fingerprint density at radius 2 is 1.88 bits per heavy atom. The molecule has 0 unspecified atom stereocenters. The Labute approximate surface area is 143 Å². The van der Waals surface area contributed by atoms with Gasteiger partial charge in [-0.15, -0.1) is 0 Å². The molecule has 3 heterocycles. The summed E-state index contributed by atoms with van der Waals surface area (Å²) in [6.07, 6.45) is 2.15. The van der Waals surface area contributed by atoms with Crippen LogP contribution in [-0.2, 0) is 4.79 Å². The first-order chi connectivity index (χ1) is 12.3. The van der Waals surface area contributed by atoms with Crippen LogP contribution in [0.25, 0.3) is 0 Å². The molecule has 5 rings (SSSR count). The first-order valence-electron chi connectivity index (χ1n) is 8.31. The zero-order valence-electron chi connectivity index (χ0n) is 13.4. The highest BCUT2D eigenvalue weighted by atomic mass is 16.6. The number of benzene rings is 1. The number of Topliss-reactive ketones (excluding diaryl/α,β-unsaturated/α-hetero) is 1. The number of ketones is 1. The number of hydrogen-bond acceptors (Lipinski definition) is 8. The molecule has 0 saturated carbocycles. The molecule has 2 aromatic rings. The number of aromatic nitrogens is 2. The number of carbonyl (C=O) groups is 1. The third kappa shape index (κ3) is 2.33. The maximum Gasteiger partial charge on any atom is 0.219 e.